The molecule has 0 N–H and O–H groups in total. The van der Waals surface area contributed by atoms with E-state index in [1.54, 1.807) is 24.5 Å². The predicted molar refractivity (Wildman–Crippen MR) is 83.6 cm³/mol. The van der Waals surface area contributed by atoms with E-state index in [-0.39, 0.29) is 5.78 Å². The van der Waals surface area contributed by atoms with Crippen LogP contribution < -0.4 is 0 Å². The van der Waals surface area contributed by atoms with Gasteiger partial charge >= 0.3 is 0 Å². The smallest absolute Gasteiger partial charge is 0.194 e. The first-order valence-electron chi connectivity index (χ1n) is 6.03. The number of nitrogens with zero attached hydrogens (tertiary/aromatic N) is 1. The van der Waals surface area contributed by atoms with Gasteiger partial charge in [-0.15, -0.1) is 0 Å². The van der Waals surface area contributed by atoms with Crippen LogP contribution in [0, 0.1) is 0 Å². The van der Waals surface area contributed by atoms with E-state index >= 15 is 0 Å². The third-order valence-corrected chi connectivity index (χ3v) is 4.30. The lowest BCUT2D eigenvalue weighted by Gasteiger charge is -2.06. The van der Waals surface area contributed by atoms with Gasteiger partial charge in [-0.3, -0.25) is 9.78 Å². The van der Waals surface area contributed by atoms with Crippen LogP contribution in [0.1, 0.15) is 28.4 Å². The Morgan fingerprint density at radius 1 is 1.26 bits per heavy atom. The van der Waals surface area contributed by atoms with E-state index in [1.165, 1.54) is 5.56 Å². The van der Waals surface area contributed by atoms with Gasteiger partial charge in [0.15, 0.2) is 5.78 Å². The molecule has 0 aliphatic heterocycles. The first-order valence-corrected chi connectivity index (χ1v) is 7.98. The second kappa shape index (κ2) is 6.87. The molecule has 0 bridgehead atoms. The zero-order valence-electron chi connectivity index (χ0n) is 10.6. The molecule has 0 amide bonds. The number of hydrogen-bond donors (Lipinski definition) is 0. The van der Waals surface area contributed by atoms with E-state index in [0.717, 1.165) is 16.0 Å². The maximum atomic E-state index is 12.3. The van der Waals surface area contributed by atoms with Crippen LogP contribution in [0.15, 0.2) is 47.2 Å². The summed E-state index contributed by atoms with van der Waals surface area (Å²) in [4.78, 5) is 16.3. The lowest BCUT2D eigenvalue weighted by molar-refractivity contribution is 0.103. The van der Waals surface area contributed by atoms with Crippen LogP contribution in [-0.2, 0) is 5.75 Å². The summed E-state index contributed by atoms with van der Waals surface area (Å²) in [5, 5.41) is 0. The summed E-state index contributed by atoms with van der Waals surface area (Å²) in [6.07, 6.45) is 3.26. The molecule has 98 valence electrons. The fourth-order valence-corrected chi connectivity index (χ4v) is 2.94. The molecule has 1 aromatic heterocycles. The molecule has 2 aromatic rings. The highest BCUT2D eigenvalue weighted by atomic mass is 79.9. The van der Waals surface area contributed by atoms with Crippen molar-refractivity contribution < 1.29 is 4.79 Å². The zero-order valence-corrected chi connectivity index (χ0v) is 13.0. The summed E-state index contributed by atoms with van der Waals surface area (Å²) in [5.41, 5.74) is 2.58. The van der Waals surface area contributed by atoms with Crippen LogP contribution in [0.5, 0.6) is 0 Å². The number of benzene rings is 1. The van der Waals surface area contributed by atoms with Gasteiger partial charge in [-0.1, -0.05) is 28.9 Å². The highest BCUT2D eigenvalue weighted by Gasteiger charge is 2.12. The Kier molecular flexibility index (Phi) is 5.16. The number of hydrogen-bond acceptors (Lipinski definition) is 3. The fourth-order valence-electron chi connectivity index (χ4n) is 1.71. The molecular formula is C15H14BrNOS. The Morgan fingerprint density at radius 2 is 2.00 bits per heavy atom. The van der Waals surface area contributed by atoms with E-state index in [4.69, 9.17) is 0 Å². The Hall–Kier alpha value is -1.13. The van der Waals surface area contributed by atoms with Crippen molar-refractivity contribution in [3.63, 3.8) is 0 Å². The first kappa shape index (κ1) is 14.3. The number of pyridine rings is 1. The SMILES string of the molecule is CCSCc1ccc(C(=O)c2ccncc2)c(Br)c1. The van der Waals surface area contributed by atoms with Crippen LogP contribution in [0.2, 0.25) is 0 Å². The summed E-state index contributed by atoms with van der Waals surface area (Å²) >= 11 is 5.36. The van der Waals surface area contributed by atoms with Gasteiger partial charge < -0.3 is 0 Å². The first-order chi connectivity index (χ1) is 9.22. The molecule has 0 atom stereocenters. The Labute approximate surface area is 125 Å². The van der Waals surface area contributed by atoms with Gasteiger partial charge in [0.05, 0.1) is 0 Å². The number of thioether (sulfide) groups is 1. The quantitative estimate of drug-likeness (QED) is 0.762. The van der Waals surface area contributed by atoms with Crippen molar-refractivity contribution in [2.24, 2.45) is 0 Å². The maximum absolute atomic E-state index is 12.3. The summed E-state index contributed by atoms with van der Waals surface area (Å²) in [5.74, 6) is 2.08. The lowest BCUT2D eigenvalue weighted by Crippen LogP contribution is -2.02. The minimum absolute atomic E-state index is 0.0176. The van der Waals surface area contributed by atoms with E-state index in [1.807, 2.05) is 30.0 Å². The zero-order chi connectivity index (χ0) is 13.7. The van der Waals surface area contributed by atoms with Gasteiger partial charge in [-0.25, -0.2) is 0 Å². The van der Waals surface area contributed by atoms with Crippen molar-refractivity contribution in [2.45, 2.75) is 12.7 Å². The van der Waals surface area contributed by atoms with Crippen molar-refractivity contribution in [2.75, 3.05) is 5.75 Å². The molecule has 2 rings (SSSR count). The van der Waals surface area contributed by atoms with Crippen LogP contribution in [-0.4, -0.2) is 16.5 Å². The van der Waals surface area contributed by atoms with Crippen molar-refractivity contribution in [1.82, 2.24) is 4.98 Å². The topological polar surface area (TPSA) is 30.0 Å². The van der Waals surface area contributed by atoms with Crippen LogP contribution in [0.25, 0.3) is 0 Å². The molecule has 0 aliphatic carbocycles. The molecule has 0 unspecified atom stereocenters. The van der Waals surface area contributed by atoms with Crippen molar-refractivity contribution >= 4 is 33.5 Å². The molecule has 1 heterocycles. The van der Waals surface area contributed by atoms with Crippen LogP contribution in [0.3, 0.4) is 0 Å². The second-order valence-corrected chi connectivity index (χ2v) is 6.14. The molecule has 0 spiro atoms. The molecule has 2 nitrogen and oxygen atoms in total. The Morgan fingerprint density at radius 3 is 2.63 bits per heavy atom. The van der Waals surface area contributed by atoms with Gasteiger partial charge in [0.2, 0.25) is 0 Å². The number of carbonyl (C=O) groups is 1. The maximum Gasteiger partial charge on any atom is 0.194 e. The largest absolute Gasteiger partial charge is 0.289 e. The van der Waals surface area contributed by atoms with E-state index in [2.05, 4.69) is 27.8 Å². The molecule has 0 saturated carbocycles. The number of ketones is 1. The highest BCUT2D eigenvalue weighted by Crippen LogP contribution is 2.23. The predicted octanol–water partition coefficient (Wildman–Crippen LogP) is 4.33. The van der Waals surface area contributed by atoms with E-state index in [0.29, 0.717) is 11.1 Å². The molecule has 0 saturated heterocycles. The monoisotopic (exact) mass is 335 g/mol. The standard InChI is InChI=1S/C15H14BrNOS/c1-2-19-10-11-3-4-13(14(16)9-11)15(18)12-5-7-17-8-6-12/h3-9H,2,10H2,1H3. The Bertz CT molecular complexity index is 572. The van der Waals surface area contributed by atoms with Gasteiger partial charge in [0.25, 0.3) is 0 Å². The molecule has 0 radical (unpaired) electrons. The van der Waals surface area contributed by atoms with Gasteiger partial charge in [0, 0.05) is 33.7 Å². The van der Waals surface area contributed by atoms with Crippen molar-refractivity contribution in [1.29, 1.82) is 0 Å². The molecule has 1 aromatic carbocycles. The lowest BCUT2D eigenvalue weighted by atomic mass is 10.0. The van der Waals surface area contributed by atoms with Crippen LogP contribution >= 0.6 is 27.7 Å². The van der Waals surface area contributed by atoms with E-state index < -0.39 is 0 Å². The minimum Gasteiger partial charge on any atom is -0.289 e. The normalized spacial score (nSPS) is 10.4. The van der Waals surface area contributed by atoms with Gasteiger partial charge in [-0.2, -0.15) is 11.8 Å². The molecule has 4 heteroatoms. The molecular weight excluding hydrogens is 322 g/mol. The van der Waals surface area contributed by atoms with Gasteiger partial charge in [-0.05, 0) is 35.6 Å². The van der Waals surface area contributed by atoms with E-state index in [9.17, 15) is 4.79 Å². The average Bonchev–Trinajstić information content (AvgIpc) is 2.45. The molecule has 0 aliphatic rings. The summed E-state index contributed by atoms with van der Waals surface area (Å²) in [6.45, 7) is 2.14. The third kappa shape index (κ3) is 3.67. The fraction of sp³-hybridized carbons (Fsp3) is 0.200. The third-order valence-electron chi connectivity index (χ3n) is 2.69. The number of halogens is 1. The summed E-state index contributed by atoms with van der Waals surface area (Å²) < 4.78 is 0.850. The number of aromatic nitrogens is 1. The summed E-state index contributed by atoms with van der Waals surface area (Å²) in [6, 6.07) is 9.39. The minimum atomic E-state index is 0.0176. The number of carbonyl (C=O) groups excluding carboxylic acids is 1. The van der Waals surface area contributed by atoms with Crippen molar-refractivity contribution in [3.05, 3.63) is 63.9 Å². The average molecular weight is 336 g/mol. The highest BCUT2D eigenvalue weighted by molar-refractivity contribution is 9.10. The van der Waals surface area contributed by atoms with Crippen LogP contribution in [0.4, 0.5) is 0 Å². The Balaban J connectivity index is 2.24. The molecule has 19 heavy (non-hydrogen) atoms. The molecule has 0 fully saturated rings. The van der Waals surface area contributed by atoms with Gasteiger partial charge in [0.1, 0.15) is 0 Å². The second-order valence-electron chi connectivity index (χ2n) is 4.02. The summed E-state index contributed by atoms with van der Waals surface area (Å²) in [7, 11) is 0. The van der Waals surface area contributed by atoms with Crippen molar-refractivity contribution in [3.8, 4) is 0 Å². The number of rotatable bonds is 5.